The number of hydrogen-bond donors (Lipinski definition) is 0. The predicted octanol–water partition coefficient (Wildman–Crippen LogP) is 1.72. The van der Waals surface area contributed by atoms with Crippen molar-refractivity contribution in [2.75, 3.05) is 32.8 Å². The smallest absolute Gasteiger partial charge is 0.340 e. The molecule has 5 nitrogen and oxygen atoms in total. The van der Waals surface area contributed by atoms with E-state index < -0.39 is 0 Å². The molecule has 0 bridgehead atoms. The van der Waals surface area contributed by atoms with Gasteiger partial charge in [0.2, 0.25) is 0 Å². The third kappa shape index (κ3) is 4.56. The van der Waals surface area contributed by atoms with E-state index in [2.05, 4.69) is 25.8 Å². The minimum Gasteiger partial charge on any atom is -0.458 e. The molecule has 1 atom stereocenters. The van der Waals surface area contributed by atoms with Gasteiger partial charge in [0.15, 0.2) is 0 Å². The molecule has 0 amide bonds. The lowest BCUT2D eigenvalue weighted by Gasteiger charge is -2.28. The molecule has 0 N–H and O–H groups in total. The second-order valence-electron chi connectivity index (χ2n) is 4.52. The molecule has 6 heteroatoms. The first kappa shape index (κ1) is 14.4. The second-order valence-corrected chi connectivity index (χ2v) is 5.44. The summed E-state index contributed by atoms with van der Waals surface area (Å²) in [5, 5.41) is 0. The molecule has 1 aliphatic heterocycles. The van der Waals surface area contributed by atoms with Gasteiger partial charge in [0.1, 0.15) is 6.10 Å². The van der Waals surface area contributed by atoms with Crippen molar-refractivity contribution in [2.45, 2.75) is 13.0 Å². The maximum atomic E-state index is 11.9. The summed E-state index contributed by atoms with van der Waals surface area (Å²) in [7, 11) is 0. The number of morpholine rings is 1. The molecular formula is C13H17BrN2O3. The van der Waals surface area contributed by atoms with E-state index in [9.17, 15) is 4.79 Å². The zero-order chi connectivity index (χ0) is 13.7. The van der Waals surface area contributed by atoms with Gasteiger partial charge in [0, 0.05) is 36.5 Å². The average Bonchev–Trinajstić information content (AvgIpc) is 2.39. The van der Waals surface area contributed by atoms with Crippen LogP contribution >= 0.6 is 15.9 Å². The molecule has 19 heavy (non-hydrogen) atoms. The number of esters is 1. The molecule has 1 aromatic rings. The lowest BCUT2D eigenvalue weighted by molar-refractivity contribution is 0.000421. The second kappa shape index (κ2) is 6.98. The van der Waals surface area contributed by atoms with Gasteiger partial charge in [-0.15, -0.1) is 0 Å². The van der Waals surface area contributed by atoms with Crippen LogP contribution in [0.25, 0.3) is 0 Å². The van der Waals surface area contributed by atoms with Gasteiger partial charge in [0.05, 0.1) is 18.8 Å². The predicted molar refractivity (Wildman–Crippen MR) is 74.1 cm³/mol. The number of hydrogen-bond acceptors (Lipinski definition) is 5. The Morgan fingerprint density at radius 3 is 2.95 bits per heavy atom. The van der Waals surface area contributed by atoms with E-state index >= 15 is 0 Å². The van der Waals surface area contributed by atoms with Crippen LogP contribution in [-0.2, 0) is 9.47 Å². The van der Waals surface area contributed by atoms with E-state index in [4.69, 9.17) is 9.47 Å². The summed E-state index contributed by atoms with van der Waals surface area (Å²) in [6, 6.07) is 1.71. The Morgan fingerprint density at radius 2 is 2.26 bits per heavy atom. The number of aromatic nitrogens is 1. The monoisotopic (exact) mass is 328 g/mol. The first-order valence-electron chi connectivity index (χ1n) is 6.27. The number of carbonyl (C=O) groups is 1. The molecule has 0 aliphatic carbocycles. The van der Waals surface area contributed by atoms with Crippen molar-refractivity contribution in [3.63, 3.8) is 0 Å². The van der Waals surface area contributed by atoms with Crippen molar-refractivity contribution in [2.24, 2.45) is 0 Å². The van der Waals surface area contributed by atoms with Gasteiger partial charge in [-0.25, -0.2) is 4.79 Å². The minimum atomic E-state index is -0.338. The van der Waals surface area contributed by atoms with Crippen LogP contribution in [0.1, 0.15) is 17.3 Å². The van der Waals surface area contributed by atoms with E-state index in [1.165, 1.54) is 6.20 Å². The summed E-state index contributed by atoms with van der Waals surface area (Å²) in [5.74, 6) is -0.338. The Hall–Kier alpha value is -0.980. The van der Waals surface area contributed by atoms with Crippen LogP contribution < -0.4 is 0 Å². The van der Waals surface area contributed by atoms with Crippen molar-refractivity contribution in [3.05, 3.63) is 28.5 Å². The van der Waals surface area contributed by atoms with Crippen molar-refractivity contribution in [1.82, 2.24) is 9.88 Å². The van der Waals surface area contributed by atoms with Crippen LogP contribution in [-0.4, -0.2) is 54.8 Å². The highest BCUT2D eigenvalue weighted by molar-refractivity contribution is 9.10. The standard InChI is InChI=1S/C13H17BrN2O3/c1-10(9-16-2-4-18-5-3-16)19-13(17)11-6-12(14)8-15-7-11/h6-8,10H,2-5,9H2,1H3. The minimum absolute atomic E-state index is 0.149. The topological polar surface area (TPSA) is 51.7 Å². The van der Waals surface area contributed by atoms with Gasteiger partial charge in [-0.05, 0) is 28.9 Å². The Morgan fingerprint density at radius 1 is 1.53 bits per heavy atom. The maximum absolute atomic E-state index is 11.9. The molecule has 1 saturated heterocycles. The molecule has 0 saturated carbocycles. The summed E-state index contributed by atoms with van der Waals surface area (Å²) in [6.45, 7) is 5.91. The first-order chi connectivity index (χ1) is 9.15. The van der Waals surface area contributed by atoms with Gasteiger partial charge in [-0.1, -0.05) is 0 Å². The van der Waals surface area contributed by atoms with Crippen LogP contribution in [0.2, 0.25) is 0 Å². The molecule has 104 valence electrons. The summed E-state index contributed by atoms with van der Waals surface area (Å²) in [6.07, 6.45) is 2.99. The summed E-state index contributed by atoms with van der Waals surface area (Å²) in [4.78, 5) is 18.1. The zero-order valence-corrected chi connectivity index (χ0v) is 12.4. The Balaban J connectivity index is 1.84. The Bertz CT molecular complexity index is 436. The van der Waals surface area contributed by atoms with Crippen LogP contribution in [0.5, 0.6) is 0 Å². The number of carbonyl (C=O) groups excluding carboxylic acids is 1. The van der Waals surface area contributed by atoms with E-state index in [1.54, 1.807) is 12.3 Å². The number of pyridine rings is 1. The highest BCUT2D eigenvalue weighted by Gasteiger charge is 2.17. The number of halogens is 1. The molecule has 1 fully saturated rings. The summed E-state index contributed by atoms with van der Waals surface area (Å²) < 4.78 is 11.5. The fraction of sp³-hybridized carbons (Fsp3) is 0.538. The molecular weight excluding hydrogens is 312 g/mol. The normalized spacial score (nSPS) is 18.0. The molecule has 0 aromatic carbocycles. The lowest BCUT2D eigenvalue weighted by atomic mass is 10.3. The van der Waals surface area contributed by atoms with Gasteiger partial charge >= 0.3 is 5.97 Å². The third-order valence-corrected chi connectivity index (χ3v) is 3.30. The van der Waals surface area contributed by atoms with Crippen LogP contribution in [0, 0.1) is 0 Å². The highest BCUT2D eigenvalue weighted by Crippen LogP contribution is 2.11. The van der Waals surface area contributed by atoms with E-state index in [0.717, 1.165) is 37.3 Å². The van der Waals surface area contributed by atoms with E-state index in [1.807, 2.05) is 6.92 Å². The molecule has 2 heterocycles. The van der Waals surface area contributed by atoms with Crippen molar-refractivity contribution >= 4 is 21.9 Å². The zero-order valence-electron chi connectivity index (χ0n) is 10.8. The van der Waals surface area contributed by atoms with Crippen molar-refractivity contribution in [1.29, 1.82) is 0 Å². The lowest BCUT2D eigenvalue weighted by Crippen LogP contribution is -2.41. The fourth-order valence-electron chi connectivity index (χ4n) is 1.96. The molecule has 1 aliphatic rings. The summed E-state index contributed by atoms with van der Waals surface area (Å²) in [5.41, 5.74) is 0.461. The van der Waals surface area contributed by atoms with Crippen LogP contribution in [0.4, 0.5) is 0 Å². The third-order valence-electron chi connectivity index (χ3n) is 2.87. The Kier molecular flexibility index (Phi) is 5.30. The van der Waals surface area contributed by atoms with E-state index in [-0.39, 0.29) is 12.1 Å². The molecule has 0 spiro atoms. The van der Waals surface area contributed by atoms with Crippen molar-refractivity contribution < 1.29 is 14.3 Å². The Labute approximate surface area is 121 Å². The molecule has 1 aromatic heterocycles. The first-order valence-corrected chi connectivity index (χ1v) is 7.06. The van der Waals surface area contributed by atoms with Crippen molar-refractivity contribution in [3.8, 4) is 0 Å². The quantitative estimate of drug-likeness (QED) is 0.788. The van der Waals surface area contributed by atoms with Gasteiger partial charge in [-0.3, -0.25) is 9.88 Å². The van der Waals surface area contributed by atoms with Crippen LogP contribution in [0.3, 0.4) is 0 Å². The fourth-order valence-corrected chi connectivity index (χ4v) is 2.32. The van der Waals surface area contributed by atoms with Crippen LogP contribution in [0.15, 0.2) is 22.9 Å². The van der Waals surface area contributed by atoms with E-state index in [0.29, 0.717) is 5.56 Å². The number of rotatable bonds is 4. The molecule has 1 unspecified atom stereocenters. The van der Waals surface area contributed by atoms with Gasteiger partial charge < -0.3 is 9.47 Å². The number of nitrogens with zero attached hydrogens (tertiary/aromatic N) is 2. The average molecular weight is 329 g/mol. The SMILES string of the molecule is CC(CN1CCOCC1)OC(=O)c1cncc(Br)c1. The summed E-state index contributed by atoms with van der Waals surface area (Å²) >= 11 is 3.28. The number of ether oxygens (including phenoxy) is 2. The highest BCUT2D eigenvalue weighted by atomic mass is 79.9. The molecule has 2 rings (SSSR count). The maximum Gasteiger partial charge on any atom is 0.340 e. The van der Waals surface area contributed by atoms with Gasteiger partial charge in [-0.2, -0.15) is 0 Å². The van der Waals surface area contributed by atoms with Gasteiger partial charge in [0.25, 0.3) is 0 Å². The largest absolute Gasteiger partial charge is 0.458 e. The molecule has 0 radical (unpaired) electrons.